The van der Waals surface area contributed by atoms with Crippen LogP contribution in [0.4, 0.5) is 5.69 Å². The highest BCUT2D eigenvalue weighted by Crippen LogP contribution is 2.36. The molecular weight excluding hydrogens is 441 g/mol. The van der Waals surface area contributed by atoms with Crippen molar-refractivity contribution < 1.29 is 14.7 Å². The fourth-order valence-corrected chi connectivity index (χ4v) is 4.41. The first-order valence-corrected chi connectivity index (χ1v) is 10.2. The minimum atomic E-state index is -1.12. The van der Waals surface area contributed by atoms with Gasteiger partial charge >= 0.3 is 5.97 Å². The Hall–Kier alpha value is -2.05. The number of carboxylic acids is 1. The van der Waals surface area contributed by atoms with Crippen LogP contribution in [0.15, 0.2) is 47.8 Å². The van der Waals surface area contributed by atoms with Crippen LogP contribution in [-0.2, 0) is 11.2 Å². The summed E-state index contributed by atoms with van der Waals surface area (Å²) in [5.74, 6) is -1.44. The molecule has 0 fully saturated rings. The van der Waals surface area contributed by atoms with E-state index in [1.807, 2.05) is 0 Å². The van der Waals surface area contributed by atoms with E-state index in [0.29, 0.717) is 31.9 Å². The highest BCUT2D eigenvalue weighted by atomic mass is 35.5. The third-order valence-corrected chi connectivity index (χ3v) is 6.04. The maximum Gasteiger partial charge on any atom is 0.339 e. The number of carbonyl (C=O) groups excluding carboxylic acids is 1. The highest BCUT2D eigenvalue weighted by Gasteiger charge is 2.21. The third kappa shape index (κ3) is 4.67. The Morgan fingerprint density at radius 1 is 1.00 bits per heavy atom. The lowest BCUT2D eigenvalue weighted by molar-refractivity contribution is -0.116. The number of amides is 1. The van der Waals surface area contributed by atoms with Crippen molar-refractivity contribution in [1.82, 2.24) is 0 Å². The van der Waals surface area contributed by atoms with Gasteiger partial charge in [-0.3, -0.25) is 4.79 Å². The first-order chi connectivity index (χ1) is 13.4. The lowest BCUT2D eigenvalue weighted by Gasteiger charge is -2.08. The molecule has 144 valence electrons. The summed E-state index contributed by atoms with van der Waals surface area (Å²) < 4.78 is 0. The van der Waals surface area contributed by atoms with Gasteiger partial charge in [-0.15, -0.1) is 11.3 Å². The van der Waals surface area contributed by atoms with Crippen LogP contribution in [0.5, 0.6) is 0 Å². The molecule has 3 rings (SSSR count). The molecule has 0 spiro atoms. The zero-order valence-corrected chi connectivity index (χ0v) is 17.4. The highest BCUT2D eigenvalue weighted by molar-refractivity contribution is 7.14. The zero-order valence-electron chi connectivity index (χ0n) is 14.3. The predicted molar refractivity (Wildman–Crippen MR) is 115 cm³/mol. The molecule has 0 unspecified atom stereocenters. The maximum absolute atomic E-state index is 12.4. The van der Waals surface area contributed by atoms with Gasteiger partial charge in [-0.25, -0.2) is 4.79 Å². The lowest BCUT2D eigenvalue weighted by Crippen LogP contribution is -2.14. The van der Waals surface area contributed by atoms with E-state index in [4.69, 9.17) is 34.8 Å². The Kier molecular flexibility index (Phi) is 6.62. The lowest BCUT2D eigenvalue weighted by atomic mass is 10.1. The van der Waals surface area contributed by atoms with Crippen LogP contribution in [0, 0.1) is 0 Å². The number of thiophene rings is 1. The van der Waals surface area contributed by atoms with Crippen LogP contribution < -0.4 is 5.32 Å². The summed E-state index contributed by atoms with van der Waals surface area (Å²) in [5.41, 5.74) is 1.72. The summed E-state index contributed by atoms with van der Waals surface area (Å²) >= 11 is 19.4. The summed E-state index contributed by atoms with van der Waals surface area (Å²) in [6, 6.07) is 12.0. The van der Waals surface area contributed by atoms with Crippen molar-refractivity contribution in [2.24, 2.45) is 0 Å². The van der Waals surface area contributed by atoms with E-state index < -0.39 is 5.97 Å². The minimum absolute atomic E-state index is 0.0523. The molecule has 2 N–H and O–H groups in total. The van der Waals surface area contributed by atoms with Gasteiger partial charge in [-0.05, 0) is 41.8 Å². The molecule has 4 nitrogen and oxygen atoms in total. The van der Waals surface area contributed by atoms with E-state index in [1.54, 1.807) is 47.8 Å². The van der Waals surface area contributed by atoms with Crippen molar-refractivity contribution in [1.29, 1.82) is 0 Å². The molecule has 3 aromatic rings. The number of aromatic carboxylic acids is 1. The normalized spacial score (nSPS) is 10.7. The van der Waals surface area contributed by atoms with E-state index in [-0.39, 0.29) is 23.6 Å². The van der Waals surface area contributed by atoms with E-state index in [2.05, 4.69) is 5.32 Å². The SMILES string of the molecule is O=C(CCc1c(Cl)cccc1Cl)Nc1csc(-c2ccc(Cl)cc2)c1C(=O)O. The summed E-state index contributed by atoms with van der Waals surface area (Å²) in [6.07, 6.45) is 0.468. The predicted octanol–water partition coefficient (Wildman–Crippen LogP) is 6.64. The molecule has 0 saturated heterocycles. The fraction of sp³-hybridized carbons (Fsp3) is 0.100. The third-order valence-electron chi connectivity index (χ3n) is 4.05. The number of carbonyl (C=O) groups is 2. The van der Waals surface area contributed by atoms with Crippen LogP contribution in [0.1, 0.15) is 22.3 Å². The zero-order chi connectivity index (χ0) is 20.3. The summed E-state index contributed by atoms with van der Waals surface area (Å²) in [5, 5.41) is 15.5. The van der Waals surface area contributed by atoms with E-state index in [1.165, 1.54) is 11.3 Å². The van der Waals surface area contributed by atoms with Crippen molar-refractivity contribution in [2.45, 2.75) is 12.8 Å². The quantitative estimate of drug-likeness (QED) is 0.438. The Balaban J connectivity index is 1.77. The van der Waals surface area contributed by atoms with E-state index >= 15 is 0 Å². The second-order valence-electron chi connectivity index (χ2n) is 5.91. The number of halogens is 3. The van der Waals surface area contributed by atoms with Crippen LogP contribution >= 0.6 is 46.1 Å². The van der Waals surface area contributed by atoms with Crippen molar-refractivity contribution >= 4 is 63.7 Å². The van der Waals surface area contributed by atoms with Crippen molar-refractivity contribution in [3.63, 3.8) is 0 Å². The van der Waals surface area contributed by atoms with E-state index in [0.717, 1.165) is 5.56 Å². The van der Waals surface area contributed by atoms with Crippen molar-refractivity contribution in [3.05, 3.63) is 74.0 Å². The number of nitrogens with one attached hydrogen (secondary N) is 1. The van der Waals surface area contributed by atoms with Gasteiger partial charge in [-0.1, -0.05) is 53.0 Å². The van der Waals surface area contributed by atoms with Crippen LogP contribution in [0.3, 0.4) is 0 Å². The van der Waals surface area contributed by atoms with Crippen LogP contribution in [0.2, 0.25) is 15.1 Å². The van der Waals surface area contributed by atoms with Crippen molar-refractivity contribution in [2.75, 3.05) is 5.32 Å². The molecule has 0 aliphatic heterocycles. The molecule has 2 aromatic carbocycles. The fourth-order valence-electron chi connectivity index (χ4n) is 2.70. The van der Waals surface area contributed by atoms with Crippen LogP contribution in [-0.4, -0.2) is 17.0 Å². The molecule has 28 heavy (non-hydrogen) atoms. The molecule has 1 heterocycles. The first-order valence-electron chi connectivity index (χ1n) is 8.20. The molecule has 0 aliphatic carbocycles. The Morgan fingerprint density at radius 2 is 1.64 bits per heavy atom. The monoisotopic (exact) mass is 453 g/mol. The van der Waals surface area contributed by atoms with Gasteiger partial charge in [0.05, 0.1) is 10.6 Å². The van der Waals surface area contributed by atoms with Gasteiger partial charge in [0.15, 0.2) is 0 Å². The van der Waals surface area contributed by atoms with E-state index in [9.17, 15) is 14.7 Å². The molecule has 0 radical (unpaired) electrons. The summed E-state index contributed by atoms with van der Waals surface area (Å²) in [4.78, 5) is 24.7. The van der Waals surface area contributed by atoms with Gasteiger partial charge < -0.3 is 10.4 Å². The first kappa shape index (κ1) is 20.7. The van der Waals surface area contributed by atoms with Crippen molar-refractivity contribution in [3.8, 4) is 10.4 Å². The smallest absolute Gasteiger partial charge is 0.339 e. The van der Waals surface area contributed by atoms with Gasteiger partial charge in [0.1, 0.15) is 5.56 Å². The molecule has 8 heteroatoms. The van der Waals surface area contributed by atoms with Gasteiger partial charge in [0.25, 0.3) is 0 Å². The Morgan fingerprint density at radius 3 is 2.25 bits per heavy atom. The molecule has 0 saturated carbocycles. The molecule has 1 amide bonds. The molecule has 0 atom stereocenters. The molecule has 0 aliphatic rings. The van der Waals surface area contributed by atoms with Gasteiger partial charge in [0.2, 0.25) is 5.91 Å². The number of carboxylic acid groups (broad SMARTS) is 1. The summed E-state index contributed by atoms with van der Waals surface area (Å²) in [6.45, 7) is 0. The number of rotatable bonds is 6. The average Bonchev–Trinajstić information content (AvgIpc) is 3.05. The molecule has 0 bridgehead atoms. The number of hydrogen-bond donors (Lipinski definition) is 2. The Bertz CT molecular complexity index is 1010. The number of anilines is 1. The second-order valence-corrected chi connectivity index (χ2v) is 8.04. The minimum Gasteiger partial charge on any atom is -0.478 e. The largest absolute Gasteiger partial charge is 0.478 e. The molecule has 1 aromatic heterocycles. The second kappa shape index (κ2) is 8.97. The maximum atomic E-state index is 12.4. The van der Waals surface area contributed by atoms with Gasteiger partial charge in [-0.2, -0.15) is 0 Å². The average molecular weight is 455 g/mol. The number of benzene rings is 2. The van der Waals surface area contributed by atoms with Gasteiger partial charge in [0, 0.05) is 26.9 Å². The molecular formula is C20H14Cl3NO3S. The standard InChI is InChI=1S/C20H14Cl3NO3S/c21-12-6-4-11(5-7-12)19-18(20(26)27)16(10-28-19)24-17(25)9-8-13-14(22)2-1-3-15(13)23/h1-7,10H,8-9H2,(H,24,25)(H,26,27). The Labute approximate surface area is 180 Å². The number of hydrogen-bond acceptors (Lipinski definition) is 3. The summed E-state index contributed by atoms with van der Waals surface area (Å²) in [7, 11) is 0. The topological polar surface area (TPSA) is 66.4 Å². The van der Waals surface area contributed by atoms with Crippen LogP contribution in [0.25, 0.3) is 10.4 Å².